The molecule has 1 aliphatic carbocycles. The lowest BCUT2D eigenvalue weighted by Gasteiger charge is -2.38. The number of halogens is 2. The van der Waals surface area contributed by atoms with E-state index in [1.54, 1.807) is 6.07 Å². The van der Waals surface area contributed by atoms with E-state index in [0.717, 1.165) is 44.7 Å². The third-order valence-corrected chi connectivity index (χ3v) is 4.28. The molecule has 1 atom stereocenters. The van der Waals surface area contributed by atoms with Gasteiger partial charge in [0.1, 0.15) is 11.6 Å². The molecule has 1 aromatic carbocycles. The number of hydrogen-bond acceptors (Lipinski definition) is 2. The van der Waals surface area contributed by atoms with E-state index in [4.69, 9.17) is 4.74 Å². The van der Waals surface area contributed by atoms with Crippen molar-refractivity contribution in [2.75, 3.05) is 13.2 Å². The van der Waals surface area contributed by atoms with Gasteiger partial charge in [-0.2, -0.15) is 0 Å². The second-order valence-electron chi connectivity index (χ2n) is 5.76. The van der Waals surface area contributed by atoms with Gasteiger partial charge in [0.2, 0.25) is 0 Å². The Morgan fingerprint density at radius 3 is 2.52 bits per heavy atom. The molecule has 21 heavy (non-hydrogen) atoms. The van der Waals surface area contributed by atoms with Crippen molar-refractivity contribution in [3.8, 4) is 0 Å². The van der Waals surface area contributed by atoms with Crippen LogP contribution in [0.15, 0.2) is 18.2 Å². The molecule has 0 spiro atoms. The number of benzene rings is 1. The van der Waals surface area contributed by atoms with Crippen molar-refractivity contribution in [1.82, 2.24) is 5.32 Å². The van der Waals surface area contributed by atoms with Gasteiger partial charge in [-0.3, -0.25) is 0 Å². The second-order valence-corrected chi connectivity index (χ2v) is 5.76. The number of hydrogen-bond donors (Lipinski definition) is 1. The Morgan fingerprint density at radius 1 is 1.24 bits per heavy atom. The highest BCUT2D eigenvalue weighted by Crippen LogP contribution is 2.43. The Kier molecular flexibility index (Phi) is 5.71. The summed E-state index contributed by atoms with van der Waals surface area (Å²) in [6.07, 6.45) is 4.97. The smallest absolute Gasteiger partial charge is 0.131 e. The van der Waals surface area contributed by atoms with Crippen molar-refractivity contribution < 1.29 is 13.5 Å². The van der Waals surface area contributed by atoms with Crippen LogP contribution in [0.1, 0.15) is 57.6 Å². The average molecular weight is 297 g/mol. The first-order valence-electron chi connectivity index (χ1n) is 7.95. The normalized spacial score (nSPS) is 18.9. The van der Waals surface area contributed by atoms with E-state index in [0.29, 0.717) is 12.2 Å². The molecule has 118 valence electrons. The highest BCUT2D eigenvalue weighted by molar-refractivity contribution is 5.26. The first kappa shape index (κ1) is 16.4. The van der Waals surface area contributed by atoms with Gasteiger partial charge in [-0.15, -0.1) is 0 Å². The fourth-order valence-electron chi connectivity index (χ4n) is 3.38. The quantitative estimate of drug-likeness (QED) is 0.807. The standard InChI is InChI=1S/C17H25F2NO/c1-3-11-20-16(14-8-7-13(18)12-15(14)19)17(21-4-2)9-5-6-10-17/h7-8,12,16,20H,3-6,9-11H2,1-2H3. The SMILES string of the molecule is CCCNC(c1ccc(F)cc1F)C1(OCC)CCCC1. The Bertz CT molecular complexity index is 458. The summed E-state index contributed by atoms with van der Waals surface area (Å²) in [4.78, 5) is 0. The van der Waals surface area contributed by atoms with E-state index >= 15 is 0 Å². The summed E-state index contributed by atoms with van der Waals surface area (Å²) < 4.78 is 33.5. The predicted octanol–water partition coefficient (Wildman–Crippen LogP) is 4.35. The minimum Gasteiger partial charge on any atom is -0.373 e. The molecule has 0 heterocycles. The maximum atomic E-state index is 14.3. The molecule has 1 unspecified atom stereocenters. The first-order valence-corrected chi connectivity index (χ1v) is 7.95. The zero-order chi connectivity index (χ0) is 15.3. The largest absolute Gasteiger partial charge is 0.373 e. The number of nitrogens with one attached hydrogen (secondary N) is 1. The molecule has 1 aromatic rings. The monoisotopic (exact) mass is 297 g/mol. The minimum absolute atomic E-state index is 0.222. The maximum Gasteiger partial charge on any atom is 0.131 e. The molecule has 1 saturated carbocycles. The van der Waals surface area contributed by atoms with Crippen LogP contribution in [-0.2, 0) is 4.74 Å². The lowest BCUT2D eigenvalue weighted by Crippen LogP contribution is -2.45. The number of rotatable bonds is 7. The first-order chi connectivity index (χ1) is 10.1. The van der Waals surface area contributed by atoms with Crippen LogP contribution in [0.5, 0.6) is 0 Å². The van der Waals surface area contributed by atoms with Gasteiger partial charge in [-0.25, -0.2) is 8.78 Å². The van der Waals surface area contributed by atoms with Crippen LogP contribution in [0.3, 0.4) is 0 Å². The maximum absolute atomic E-state index is 14.3. The van der Waals surface area contributed by atoms with Gasteiger partial charge in [-0.05, 0) is 38.8 Å². The van der Waals surface area contributed by atoms with Crippen LogP contribution in [0.25, 0.3) is 0 Å². The topological polar surface area (TPSA) is 21.3 Å². The molecule has 4 heteroatoms. The number of ether oxygens (including phenoxy) is 1. The lowest BCUT2D eigenvalue weighted by atomic mass is 9.86. The van der Waals surface area contributed by atoms with Gasteiger partial charge < -0.3 is 10.1 Å². The molecule has 1 aliphatic rings. The molecule has 2 nitrogen and oxygen atoms in total. The summed E-state index contributed by atoms with van der Waals surface area (Å²) in [6, 6.07) is 3.62. The van der Waals surface area contributed by atoms with Crippen LogP contribution in [-0.4, -0.2) is 18.8 Å². The second kappa shape index (κ2) is 7.32. The van der Waals surface area contributed by atoms with Crippen molar-refractivity contribution in [3.63, 3.8) is 0 Å². The minimum atomic E-state index is -0.539. The molecular formula is C17H25F2NO. The third kappa shape index (κ3) is 3.61. The van der Waals surface area contributed by atoms with Gasteiger partial charge in [0.25, 0.3) is 0 Å². The van der Waals surface area contributed by atoms with Crippen molar-refractivity contribution in [3.05, 3.63) is 35.4 Å². The van der Waals surface area contributed by atoms with Crippen LogP contribution in [0.4, 0.5) is 8.78 Å². The van der Waals surface area contributed by atoms with Gasteiger partial charge in [0.15, 0.2) is 0 Å². The Hall–Kier alpha value is -1.00. The van der Waals surface area contributed by atoms with E-state index < -0.39 is 11.6 Å². The summed E-state index contributed by atoms with van der Waals surface area (Å²) in [7, 11) is 0. The van der Waals surface area contributed by atoms with Crippen LogP contribution in [0.2, 0.25) is 0 Å². The molecule has 0 aliphatic heterocycles. The molecule has 1 fully saturated rings. The molecule has 2 rings (SSSR count). The molecule has 0 radical (unpaired) electrons. The van der Waals surface area contributed by atoms with Gasteiger partial charge in [0, 0.05) is 18.2 Å². The highest BCUT2D eigenvalue weighted by atomic mass is 19.1. The lowest BCUT2D eigenvalue weighted by molar-refractivity contribution is -0.0633. The third-order valence-electron chi connectivity index (χ3n) is 4.28. The van der Waals surface area contributed by atoms with Gasteiger partial charge >= 0.3 is 0 Å². The fourth-order valence-corrected chi connectivity index (χ4v) is 3.38. The summed E-state index contributed by atoms with van der Waals surface area (Å²) >= 11 is 0. The average Bonchev–Trinajstić information content (AvgIpc) is 2.91. The highest BCUT2D eigenvalue weighted by Gasteiger charge is 2.43. The molecule has 0 saturated heterocycles. The van der Waals surface area contributed by atoms with Gasteiger partial charge in [0.05, 0.1) is 11.6 Å². The van der Waals surface area contributed by atoms with E-state index in [1.807, 2.05) is 6.92 Å². The van der Waals surface area contributed by atoms with Crippen molar-refractivity contribution in [2.24, 2.45) is 0 Å². The Labute approximate surface area is 125 Å². The van der Waals surface area contributed by atoms with E-state index in [9.17, 15) is 8.78 Å². The van der Waals surface area contributed by atoms with Crippen molar-refractivity contribution in [2.45, 2.75) is 57.6 Å². The molecule has 0 bridgehead atoms. The van der Waals surface area contributed by atoms with Gasteiger partial charge in [-0.1, -0.05) is 25.8 Å². The fraction of sp³-hybridized carbons (Fsp3) is 0.647. The van der Waals surface area contributed by atoms with Crippen LogP contribution in [0, 0.1) is 11.6 Å². The summed E-state index contributed by atoms with van der Waals surface area (Å²) in [5.41, 5.74) is 0.142. The van der Waals surface area contributed by atoms with Crippen molar-refractivity contribution in [1.29, 1.82) is 0 Å². The van der Waals surface area contributed by atoms with E-state index in [-0.39, 0.29) is 11.6 Å². The molecule has 1 N–H and O–H groups in total. The summed E-state index contributed by atoms with van der Waals surface area (Å²) in [5, 5.41) is 3.43. The van der Waals surface area contributed by atoms with Crippen LogP contribution >= 0.6 is 0 Å². The molecule has 0 aromatic heterocycles. The Morgan fingerprint density at radius 2 is 1.95 bits per heavy atom. The van der Waals surface area contributed by atoms with E-state index in [2.05, 4.69) is 12.2 Å². The summed E-state index contributed by atoms with van der Waals surface area (Å²) in [5.74, 6) is -1.03. The van der Waals surface area contributed by atoms with Crippen LogP contribution < -0.4 is 5.32 Å². The molecule has 0 amide bonds. The predicted molar refractivity (Wildman–Crippen MR) is 80.2 cm³/mol. The summed E-state index contributed by atoms with van der Waals surface area (Å²) in [6.45, 7) is 5.44. The zero-order valence-electron chi connectivity index (χ0n) is 12.9. The zero-order valence-corrected chi connectivity index (χ0v) is 12.9. The van der Waals surface area contributed by atoms with E-state index in [1.165, 1.54) is 6.07 Å². The Balaban J connectivity index is 2.36. The molecular weight excluding hydrogens is 272 g/mol. The van der Waals surface area contributed by atoms with Crippen molar-refractivity contribution >= 4 is 0 Å².